The van der Waals surface area contributed by atoms with Gasteiger partial charge in [-0.2, -0.15) is 0 Å². The molecule has 0 aromatic rings. The lowest BCUT2D eigenvalue weighted by molar-refractivity contribution is -0.0121. The molecule has 1 rings (SSSR count). The minimum atomic E-state index is -2.57. The van der Waals surface area contributed by atoms with Crippen molar-refractivity contribution in [2.75, 3.05) is 34.2 Å². The van der Waals surface area contributed by atoms with E-state index in [9.17, 15) is 4.57 Å². The summed E-state index contributed by atoms with van der Waals surface area (Å²) in [6.07, 6.45) is -0.757. The molecule has 0 aliphatic carbocycles. The molecule has 0 N–H and O–H groups in total. The first-order chi connectivity index (χ1) is 7.39. The first-order valence-corrected chi connectivity index (χ1v) is 7.81. The van der Waals surface area contributed by atoms with Gasteiger partial charge in [0.15, 0.2) is 7.37 Å². The Bertz CT molecular complexity index is 269. The normalized spacial score (nSPS) is 35.5. The number of rotatable bonds is 5. The Kier molecular flexibility index (Phi) is 5.01. The monoisotopic (exact) mass is 250 g/mol. The minimum absolute atomic E-state index is 0.0818. The fourth-order valence-electron chi connectivity index (χ4n) is 1.95. The van der Waals surface area contributed by atoms with Crippen molar-refractivity contribution in [3.8, 4) is 0 Å². The highest BCUT2D eigenvalue weighted by Gasteiger charge is 2.45. The van der Waals surface area contributed by atoms with E-state index >= 15 is 0 Å². The molecule has 4 atom stereocenters. The molecule has 7 heteroatoms. The summed E-state index contributed by atoms with van der Waals surface area (Å²) in [7, 11) is 2.55. The van der Waals surface area contributed by atoms with Gasteiger partial charge in [-0.15, -0.1) is 0 Å². The molecule has 0 spiro atoms. The highest BCUT2D eigenvalue weighted by atomic mass is 31.2. The maximum atomic E-state index is 11.7. The van der Waals surface area contributed by atoms with Gasteiger partial charge in [-0.1, -0.05) is 0 Å². The summed E-state index contributed by atoms with van der Waals surface area (Å²) in [5.74, 6) is 0. The molecule has 94 valence electrons. The number of methoxy groups -OCH3 is 2. The van der Waals surface area contributed by atoms with Crippen molar-refractivity contribution in [2.24, 2.45) is 0 Å². The van der Waals surface area contributed by atoms with Gasteiger partial charge in [-0.3, -0.25) is 4.57 Å². The molecular formula is C9H20BO5P. The third-order valence-electron chi connectivity index (χ3n) is 2.52. The number of hydrogen-bond acceptors (Lipinski definition) is 5. The second-order valence-electron chi connectivity index (χ2n) is 4.36. The van der Waals surface area contributed by atoms with E-state index in [0.29, 0.717) is 6.61 Å². The average molecular weight is 250 g/mol. The summed E-state index contributed by atoms with van der Waals surface area (Å²) in [5.41, 5.74) is 0. The van der Waals surface area contributed by atoms with Crippen LogP contribution >= 0.6 is 7.37 Å². The van der Waals surface area contributed by atoms with Crippen molar-refractivity contribution in [1.29, 1.82) is 0 Å². The zero-order valence-corrected chi connectivity index (χ0v) is 11.4. The van der Waals surface area contributed by atoms with Crippen LogP contribution in [-0.2, 0) is 23.3 Å². The molecule has 16 heavy (non-hydrogen) atoms. The molecular weight excluding hydrogens is 230 g/mol. The van der Waals surface area contributed by atoms with E-state index in [1.807, 2.05) is 7.85 Å². The Morgan fingerprint density at radius 3 is 2.38 bits per heavy atom. The fraction of sp³-hybridized carbons (Fsp3) is 1.00. The molecule has 0 radical (unpaired) electrons. The van der Waals surface area contributed by atoms with Crippen LogP contribution < -0.4 is 0 Å². The summed E-state index contributed by atoms with van der Waals surface area (Å²) in [5, 5.41) is 0. The lowest BCUT2D eigenvalue weighted by Gasteiger charge is -2.24. The van der Waals surface area contributed by atoms with Gasteiger partial charge in [-0.25, -0.2) is 0 Å². The van der Waals surface area contributed by atoms with Crippen molar-refractivity contribution in [1.82, 2.24) is 0 Å². The van der Waals surface area contributed by atoms with Gasteiger partial charge in [0, 0.05) is 27.5 Å². The maximum absolute atomic E-state index is 11.7. The van der Waals surface area contributed by atoms with E-state index in [0.717, 1.165) is 0 Å². The van der Waals surface area contributed by atoms with Crippen LogP contribution in [0.15, 0.2) is 0 Å². The first-order valence-electron chi connectivity index (χ1n) is 5.29. The molecule has 0 amide bonds. The van der Waals surface area contributed by atoms with Crippen molar-refractivity contribution in [3.05, 3.63) is 0 Å². The Balaban J connectivity index is 2.75. The van der Waals surface area contributed by atoms with Crippen molar-refractivity contribution in [3.63, 3.8) is 0 Å². The summed E-state index contributed by atoms with van der Waals surface area (Å²) >= 11 is 0. The SMILES string of the molecule is B[C@@H]1O[C@H](COC)C(OP(C)(C)=O)[C@@H]1OC. The second kappa shape index (κ2) is 5.65. The fourth-order valence-corrected chi connectivity index (χ4v) is 2.80. The number of hydrogen-bond donors (Lipinski definition) is 0. The van der Waals surface area contributed by atoms with Crippen molar-refractivity contribution < 1.29 is 23.3 Å². The van der Waals surface area contributed by atoms with E-state index in [4.69, 9.17) is 18.7 Å². The molecule has 0 aromatic heterocycles. The highest BCUT2D eigenvalue weighted by molar-refractivity contribution is 7.57. The Hall–Kier alpha value is 0.135. The van der Waals surface area contributed by atoms with Gasteiger partial charge in [0.25, 0.3) is 0 Å². The Labute approximate surface area is 97.6 Å². The van der Waals surface area contributed by atoms with Crippen LogP contribution in [0.4, 0.5) is 0 Å². The van der Waals surface area contributed by atoms with Crippen LogP contribution in [0.25, 0.3) is 0 Å². The lowest BCUT2D eigenvalue weighted by atomic mass is 9.93. The first kappa shape index (κ1) is 14.2. The van der Waals surface area contributed by atoms with Gasteiger partial charge in [0.2, 0.25) is 0 Å². The topological polar surface area (TPSA) is 54.0 Å². The van der Waals surface area contributed by atoms with Gasteiger partial charge in [-0.05, 0) is 0 Å². The van der Waals surface area contributed by atoms with E-state index in [2.05, 4.69) is 0 Å². The van der Waals surface area contributed by atoms with Crippen LogP contribution in [0.2, 0.25) is 0 Å². The zero-order valence-electron chi connectivity index (χ0n) is 10.5. The van der Waals surface area contributed by atoms with E-state index in [-0.39, 0.29) is 24.3 Å². The van der Waals surface area contributed by atoms with Crippen molar-refractivity contribution >= 4 is 15.2 Å². The lowest BCUT2D eigenvalue weighted by Crippen LogP contribution is -2.37. The molecule has 0 bridgehead atoms. The highest BCUT2D eigenvalue weighted by Crippen LogP contribution is 2.43. The largest absolute Gasteiger partial charge is 0.382 e. The predicted octanol–water partition coefficient (Wildman–Crippen LogP) is -0.0713. The third-order valence-corrected chi connectivity index (χ3v) is 3.27. The molecule has 1 aliphatic rings. The van der Waals surface area contributed by atoms with E-state index in [1.54, 1.807) is 27.5 Å². The summed E-state index contributed by atoms with van der Waals surface area (Å²) < 4.78 is 33.3. The van der Waals surface area contributed by atoms with Crippen LogP contribution in [0.3, 0.4) is 0 Å². The molecule has 5 nitrogen and oxygen atoms in total. The molecule has 1 aliphatic heterocycles. The van der Waals surface area contributed by atoms with E-state index in [1.165, 1.54) is 0 Å². The van der Waals surface area contributed by atoms with Gasteiger partial charge < -0.3 is 18.7 Å². The van der Waals surface area contributed by atoms with Crippen LogP contribution in [0.1, 0.15) is 0 Å². The van der Waals surface area contributed by atoms with Gasteiger partial charge >= 0.3 is 0 Å². The average Bonchev–Trinajstić information content (AvgIpc) is 2.41. The standard InChI is InChI=1S/C9H20BO5P/c1-12-5-6-7(15-16(3,4)11)8(13-2)9(10)14-6/h6-9H,5,10H2,1-4H3/t6-,7?,8+,9-/m1/s1. The molecule has 1 heterocycles. The maximum Gasteiger partial charge on any atom is 0.197 e. The molecule has 1 unspecified atom stereocenters. The predicted molar refractivity (Wildman–Crippen MR) is 64.2 cm³/mol. The van der Waals surface area contributed by atoms with Crippen LogP contribution in [-0.4, -0.2) is 66.3 Å². The van der Waals surface area contributed by atoms with Gasteiger partial charge in [0.1, 0.15) is 26.2 Å². The second-order valence-corrected chi connectivity index (χ2v) is 7.07. The zero-order chi connectivity index (χ0) is 12.3. The minimum Gasteiger partial charge on any atom is -0.382 e. The summed E-state index contributed by atoms with van der Waals surface area (Å²) in [6.45, 7) is 3.59. The van der Waals surface area contributed by atoms with Crippen LogP contribution in [0.5, 0.6) is 0 Å². The van der Waals surface area contributed by atoms with E-state index < -0.39 is 7.37 Å². The van der Waals surface area contributed by atoms with Gasteiger partial charge in [0.05, 0.1) is 12.6 Å². The summed E-state index contributed by atoms with van der Waals surface area (Å²) in [6, 6.07) is -0.0818. The molecule has 0 saturated carbocycles. The smallest absolute Gasteiger partial charge is 0.197 e. The quantitative estimate of drug-likeness (QED) is 0.505. The van der Waals surface area contributed by atoms with Crippen LogP contribution in [0, 0.1) is 0 Å². The molecule has 0 aromatic carbocycles. The molecule has 1 saturated heterocycles. The molecule has 1 fully saturated rings. The third kappa shape index (κ3) is 3.57. The summed E-state index contributed by atoms with van der Waals surface area (Å²) in [4.78, 5) is 0. The Morgan fingerprint density at radius 1 is 1.31 bits per heavy atom. The Morgan fingerprint density at radius 2 is 1.94 bits per heavy atom. The van der Waals surface area contributed by atoms with Crippen molar-refractivity contribution in [2.45, 2.75) is 24.3 Å². The number of ether oxygens (including phenoxy) is 3.